The highest BCUT2D eigenvalue weighted by Gasteiger charge is 2.29. The summed E-state index contributed by atoms with van der Waals surface area (Å²) in [6, 6.07) is 0. The molecule has 0 bridgehead atoms. The Morgan fingerprint density at radius 3 is 2.35 bits per heavy atom. The number of aliphatic hydroxyl groups excluding tert-OH is 1. The van der Waals surface area contributed by atoms with E-state index in [9.17, 15) is 9.90 Å². The average molecular weight is 305 g/mol. The highest BCUT2D eigenvalue weighted by Crippen LogP contribution is 2.29. The van der Waals surface area contributed by atoms with Crippen molar-refractivity contribution < 1.29 is 14.6 Å². The van der Waals surface area contributed by atoms with E-state index >= 15 is 0 Å². The predicted molar refractivity (Wildman–Crippen MR) is 86.3 cm³/mol. The number of carbonyl (C=O) groups excluding carboxylic acids is 1. The monoisotopic (exact) mass is 305 g/mol. The highest BCUT2D eigenvalue weighted by atomic mass is 32.2. The van der Waals surface area contributed by atoms with Crippen LogP contribution in [0.15, 0.2) is 0 Å². The summed E-state index contributed by atoms with van der Waals surface area (Å²) in [5.74, 6) is 2.08. The summed E-state index contributed by atoms with van der Waals surface area (Å²) < 4.78 is 5.24. The Labute approximate surface area is 128 Å². The maximum Gasteiger partial charge on any atom is 0.407 e. The number of alkyl carbamates (subject to hydrolysis) is 1. The molecule has 1 amide bonds. The third-order valence-electron chi connectivity index (χ3n) is 3.10. The number of carbonyl (C=O) groups is 1. The SMILES string of the molecule is CCCC(CO)(CCSCC)CNC(=O)OC(C)(C)C. The molecular weight excluding hydrogens is 274 g/mol. The summed E-state index contributed by atoms with van der Waals surface area (Å²) in [5, 5.41) is 12.6. The van der Waals surface area contributed by atoms with E-state index in [1.54, 1.807) is 0 Å². The molecule has 0 aliphatic heterocycles. The fourth-order valence-electron chi connectivity index (χ4n) is 2.05. The van der Waals surface area contributed by atoms with Crippen LogP contribution in [0.4, 0.5) is 4.79 Å². The van der Waals surface area contributed by atoms with Crippen LogP contribution in [-0.2, 0) is 4.74 Å². The molecule has 0 spiro atoms. The summed E-state index contributed by atoms with van der Waals surface area (Å²) in [6.07, 6.45) is 2.40. The van der Waals surface area contributed by atoms with E-state index in [-0.39, 0.29) is 12.0 Å². The molecule has 4 nitrogen and oxygen atoms in total. The summed E-state index contributed by atoms with van der Waals surface area (Å²) in [4.78, 5) is 11.7. The van der Waals surface area contributed by atoms with Gasteiger partial charge >= 0.3 is 6.09 Å². The molecule has 0 aliphatic rings. The molecule has 0 aromatic carbocycles. The molecule has 2 N–H and O–H groups in total. The minimum atomic E-state index is -0.491. The van der Waals surface area contributed by atoms with Crippen molar-refractivity contribution in [3.05, 3.63) is 0 Å². The molecule has 0 aromatic rings. The number of aliphatic hydroxyl groups is 1. The third kappa shape index (κ3) is 8.69. The smallest absolute Gasteiger partial charge is 0.407 e. The zero-order valence-corrected chi connectivity index (χ0v) is 14.4. The normalized spacial score (nSPS) is 14.7. The third-order valence-corrected chi connectivity index (χ3v) is 4.00. The van der Waals surface area contributed by atoms with Crippen molar-refractivity contribution in [1.82, 2.24) is 5.32 Å². The quantitative estimate of drug-likeness (QED) is 0.641. The van der Waals surface area contributed by atoms with Crippen LogP contribution in [-0.4, -0.2) is 41.5 Å². The van der Waals surface area contributed by atoms with Gasteiger partial charge in [-0.3, -0.25) is 0 Å². The highest BCUT2D eigenvalue weighted by molar-refractivity contribution is 7.99. The van der Waals surface area contributed by atoms with Crippen LogP contribution in [0.2, 0.25) is 0 Å². The van der Waals surface area contributed by atoms with Gasteiger partial charge in [-0.2, -0.15) is 11.8 Å². The van der Waals surface area contributed by atoms with Gasteiger partial charge in [0.1, 0.15) is 5.60 Å². The second kappa shape index (κ2) is 9.50. The summed E-state index contributed by atoms with van der Waals surface area (Å²) in [6.45, 7) is 10.3. The van der Waals surface area contributed by atoms with Crippen LogP contribution in [0.5, 0.6) is 0 Å². The molecule has 0 radical (unpaired) electrons. The van der Waals surface area contributed by atoms with Crippen molar-refractivity contribution in [2.75, 3.05) is 24.7 Å². The van der Waals surface area contributed by atoms with Gasteiger partial charge in [0.25, 0.3) is 0 Å². The number of thioether (sulfide) groups is 1. The summed E-state index contributed by atoms with van der Waals surface area (Å²) >= 11 is 1.87. The topological polar surface area (TPSA) is 58.6 Å². The summed E-state index contributed by atoms with van der Waals surface area (Å²) in [5.41, 5.74) is -0.720. The van der Waals surface area contributed by atoms with E-state index < -0.39 is 11.7 Å². The van der Waals surface area contributed by atoms with Crippen LogP contribution in [0.25, 0.3) is 0 Å². The molecule has 120 valence electrons. The molecule has 5 heteroatoms. The zero-order chi connectivity index (χ0) is 15.6. The Morgan fingerprint density at radius 1 is 1.25 bits per heavy atom. The number of rotatable bonds is 9. The van der Waals surface area contributed by atoms with E-state index in [0.29, 0.717) is 6.54 Å². The number of hydrogen-bond donors (Lipinski definition) is 2. The fraction of sp³-hybridized carbons (Fsp3) is 0.933. The Morgan fingerprint density at radius 2 is 1.90 bits per heavy atom. The molecule has 0 saturated carbocycles. The van der Waals surface area contributed by atoms with E-state index in [4.69, 9.17) is 4.74 Å². The Balaban J connectivity index is 4.44. The molecule has 0 saturated heterocycles. The average Bonchev–Trinajstić information content (AvgIpc) is 2.34. The van der Waals surface area contributed by atoms with Crippen LogP contribution in [0, 0.1) is 5.41 Å². The minimum Gasteiger partial charge on any atom is -0.444 e. The maximum absolute atomic E-state index is 11.7. The molecule has 20 heavy (non-hydrogen) atoms. The van der Waals surface area contributed by atoms with E-state index in [2.05, 4.69) is 19.2 Å². The molecule has 0 heterocycles. The van der Waals surface area contributed by atoms with Gasteiger partial charge < -0.3 is 15.2 Å². The van der Waals surface area contributed by atoms with Gasteiger partial charge in [0.15, 0.2) is 0 Å². The van der Waals surface area contributed by atoms with Crippen molar-refractivity contribution in [3.63, 3.8) is 0 Å². The van der Waals surface area contributed by atoms with E-state index in [1.165, 1.54) is 0 Å². The largest absolute Gasteiger partial charge is 0.444 e. The Hall–Kier alpha value is -0.420. The minimum absolute atomic E-state index is 0.0981. The first-order valence-corrected chi connectivity index (χ1v) is 8.59. The van der Waals surface area contributed by atoms with E-state index in [0.717, 1.165) is 30.8 Å². The first-order chi connectivity index (χ1) is 9.28. The molecular formula is C15H31NO3S. The molecule has 1 unspecified atom stereocenters. The molecule has 0 rings (SSSR count). The first kappa shape index (κ1) is 19.6. The van der Waals surface area contributed by atoms with Crippen LogP contribution >= 0.6 is 11.8 Å². The first-order valence-electron chi connectivity index (χ1n) is 7.44. The zero-order valence-electron chi connectivity index (χ0n) is 13.6. The number of hydrogen-bond acceptors (Lipinski definition) is 4. The number of nitrogens with one attached hydrogen (secondary N) is 1. The number of ether oxygens (including phenoxy) is 1. The van der Waals surface area contributed by atoms with Gasteiger partial charge in [-0.1, -0.05) is 20.3 Å². The van der Waals surface area contributed by atoms with Crippen molar-refractivity contribution in [3.8, 4) is 0 Å². The van der Waals surface area contributed by atoms with Gasteiger partial charge in [-0.05, 0) is 45.1 Å². The lowest BCUT2D eigenvalue weighted by atomic mass is 9.81. The Kier molecular flexibility index (Phi) is 9.30. The van der Waals surface area contributed by atoms with Gasteiger partial charge in [0, 0.05) is 12.0 Å². The predicted octanol–water partition coefficient (Wildman–Crippen LogP) is 3.43. The lowest BCUT2D eigenvalue weighted by Crippen LogP contribution is -2.42. The van der Waals surface area contributed by atoms with Crippen molar-refractivity contribution >= 4 is 17.9 Å². The van der Waals surface area contributed by atoms with Gasteiger partial charge in [0.05, 0.1) is 6.61 Å². The van der Waals surface area contributed by atoms with Crippen molar-refractivity contribution in [2.24, 2.45) is 5.41 Å². The second-order valence-corrected chi connectivity index (χ2v) is 7.60. The molecule has 0 aliphatic carbocycles. The van der Waals surface area contributed by atoms with Gasteiger partial charge in [0.2, 0.25) is 0 Å². The maximum atomic E-state index is 11.7. The molecule has 0 fully saturated rings. The lowest BCUT2D eigenvalue weighted by molar-refractivity contribution is 0.0452. The van der Waals surface area contributed by atoms with E-state index in [1.807, 2.05) is 32.5 Å². The van der Waals surface area contributed by atoms with Gasteiger partial charge in [-0.15, -0.1) is 0 Å². The fourth-order valence-corrected chi connectivity index (χ4v) is 2.92. The van der Waals surface area contributed by atoms with Crippen LogP contribution < -0.4 is 5.32 Å². The van der Waals surface area contributed by atoms with Crippen LogP contribution in [0.1, 0.15) is 53.9 Å². The van der Waals surface area contributed by atoms with Gasteiger partial charge in [-0.25, -0.2) is 4.79 Å². The van der Waals surface area contributed by atoms with Crippen molar-refractivity contribution in [2.45, 2.75) is 59.5 Å². The van der Waals surface area contributed by atoms with Crippen molar-refractivity contribution in [1.29, 1.82) is 0 Å². The summed E-state index contributed by atoms with van der Waals surface area (Å²) in [7, 11) is 0. The Bertz CT molecular complexity index is 279. The number of amides is 1. The standard InChI is InChI=1S/C15H31NO3S/c1-6-8-15(12-17,9-10-20-7-2)11-16-13(18)19-14(3,4)5/h17H,6-12H2,1-5H3,(H,16,18). The molecule has 0 aromatic heterocycles. The second-order valence-electron chi connectivity index (χ2n) is 6.21. The lowest BCUT2D eigenvalue weighted by Gasteiger charge is -2.32. The molecule has 1 atom stereocenters. The van der Waals surface area contributed by atoms with Crippen LogP contribution in [0.3, 0.4) is 0 Å².